The summed E-state index contributed by atoms with van der Waals surface area (Å²) >= 11 is 24.6. The van der Waals surface area contributed by atoms with E-state index in [0.717, 1.165) is 6.42 Å². The molecule has 4 rings (SSSR count). The van der Waals surface area contributed by atoms with Gasteiger partial charge in [0.1, 0.15) is 0 Å². The smallest absolute Gasteiger partial charge is 0.323 e. The normalized spacial score (nSPS) is 26.5. The maximum atomic E-state index is 13.6. The number of carbonyl (C=O) groups excluding carboxylic acids is 2. The first kappa shape index (κ1) is 24.3. The minimum absolute atomic E-state index is 0.166. The number of nitrogens with one attached hydrogen (secondary N) is 1. The molecule has 0 spiro atoms. The second-order valence-corrected chi connectivity index (χ2v) is 11.0. The molecule has 2 unspecified atom stereocenters. The first-order chi connectivity index (χ1) is 15.4. The molecule has 174 valence electrons. The number of amides is 1. The lowest BCUT2D eigenvalue weighted by atomic mass is 9.64. The van der Waals surface area contributed by atoms with Gasteiger partial charge in [-0.05, 0) is 48.6 Å². The number of carbonyl (C=O) groups is 2. The third kappa shape index (κ3) is 3.74. The molecule has 2 fully saturated rings. The van der Waals surface area contributed by atoms with Gasteiger partial charge in [0.05, 0.1) is 37.4 Å². The third-order valence-electron chi connectivity index (χ3n) is 7.76. The highest BCUT2D eigenvalue weighted by Gasteiger charge is 2.71. The summed E-state index contributed by atoms with van der Waals surface area (Å²) in [6.07, 6.45) is 1.74. The number of hydrogen-bond donors (Lipinski definition) is 1. The molecule has 0 aromatic heterocycles. The van der Waals surface area contributed by atoms with Crippen molar-refractivity contribution in [3.05, 3.63) is 62.1 Å². The number of anilines is 1. The molecule has 2 aliphatic rings. The van der Waals surface area contributed by atoms with Crippen LogP contribution in [0.5, 0.6) is 0 Å². The quantitative estimate of drug-likeness (QED) is 0.327. The fourth-order valence-electron chi connectivity index (χ4n) is 5.17. The molecule has 2 aliphatic carbocycles. The first-order valence-electron chi connectivity index (χ1n) is 10.4. The van der Waals surface area contributed by atoms with E-state index >= 15 is 0 Å². The number of benzene rings is 2. The topological polar surface area (TPSA) is 67.8 Å². The molecule has 5 nitrogen and oxygen atoms in total. The second-order valence-electron chi connectivity index (χ2n) is 9.31. The van der Waals surface area contributed by atoms with E-state index in [9.17, 15) is 9.59 Å². The summed E-state index contributed by atoms with van der Waals surface area (Å²) in [7, 11) is 0. The molecule has 1 amide bonds. The summed E-state index contributed by atoms with van der Waals surface area (Å²) < 4.78 is 0. The van der Waals surface area contributed by atoms with Gasteiger partial charge in [0.2, 0.25) is 5.91 Å². The minimum Gasteiger partial charge on any atom is -0.323 e. The second kappa shape index (κ2) is 8.46. The fourth-order valence-corrected chi connectivity index (χ4v) is 6.15. The van der Waals surface area contributed by atoms with Gasteiger partial charge in [0.25, 0.3) is 0 Å². The van der Waals surface area contributed by atoms with Crippen LogP contribution in [0.25, 0.3) is 0 Å². The van der Waals surface area contributed by atoms with Gasteiger partial charge in [0, 0.05) is 16.9 Å². The Hall–Kier alpha value is -1.79. The Kier molecular flexibility index (Phi) is 6.24. The van der Waals surface area contributed by atoms with E-state index in [2.05, 4.69) is 17.4 Å². The van der Waals surface area contributed by atoms with Crippen LogP contribution in [0.4, 0.5) is 5.69 Å². The molecule has 1 N–H and O–H groups in total. The Bertz CT molecular complexity index is 1180. The summed E-state index contributed by atoms with van der Waals surface area (Å²) in [6, 6.07) is 9.58. The predicted octanol–water partition coefficient (Wildman–Crippen LogP) is 7.67. The molecular weight excluding hydrogens is 506 g/mol. The van der Waals surface area contributed by atoms with Gasteiger partial charge in [0.15, 0.2) is 0 Å². The lowest BCUT2D eigenvalue weighted by Gasteiger charge is -2.39. The largest absolute Gasteiger partial charge is 0.367 e. The Balaban J connectivity index is 1.62. The van der Waals surface area contributed by atoms with Crippen molar-refractivity contribution >= 4 is 69.7 Å². The van der Waals surface area contributed by atoms with Crippen LogP contribution in [-0.4, -0.2) is 17.6 Å². The standard InChI is InChI=1S/C24H22Cl4N2O3/c1-22(2)23(3)9-10-24(22,21(32)29-19-15(26)5-4-6-16(19)27)12-18(23)30-33-20(31)14-8-7-13(25)11-17(14)28/h4-8,11H,9-10,12H2,1-3H3,(H,29,32)/b30-18+. The van der Waals surface area contributed by atoms with E-state index in [1.165, 1.54) is 12.1 Å². The number of para-hydroxylation sites is 1. The monoisotopic (exact) mass is 526 g/mol. The highest BCUT2D eigenvalue weighted by molar-refractivity contribution is 6.40. The number of rotatable bonds is 4. The molecule has 2 aromatic carbocycles. The average molecular weight is 528 g/mol. The van der Waals surface area contributed by atoms with Crippen LogP contribution in [0.1, 0.15) is 50.4 Å². The first-order valence-corrected chi connectivity index (χ1v) is 11.9. The Morgan fingerprint density at radius 1 is 0.970 bits per heavy atom. The minimum atomic E-state index is -0.757. The summed E-state index contributed by atoms with van der Waals surface area (Å²) in [5, 5.41) is 8.49. The lowest BCUT2D eigenvalue weighted by molar-refractivity contribution is -0.130. The third-order valence-corrected chi connectivity index (χ3v) is 8.94. The van der Waals surface area contributed by atoms with E-state index in [-0.39, 0.29) is 16.5 Å². The van der Waals surface area contributed by atoms with Crippen LogP contribution in [0, 0.1) is 16.2 Å². The van der Waals surface area contributed by atoms with Gasteiger partial charge in [-0.15, -0.1) is 0 Å². The lowest BCUT2D eigenvalue weighted by Crippen LogP contribution is -2.43. The van der Waals surface area contributed by atoms with E-state index in [0.29, 0.717) is 39.3 Å². The van der Waals surface area contributed by atoms with Crippen LogP contribution in [0.3, 0.4) is 0 Å². The van der Waals surface area contributed by atoms with E-state index in [1.807, 2.05) is 13.8 Å². The van der Waals surface area contributed by atoms with Crippen molar-refractivity contribution in [3.8, 4) is 0 Å². The number of nitrogens with zero attached hydrogens (tertiary/aromatic N) is 1. The summed E-state index contributed by atoms with van der Waals surface area (Å²) in [5.41, 5.74) is -0.428. The Morgan fingerprint density at radius 2 is 1.64 bits per heavy atom. The molecule has 2 bridgehead atoms. The fraction of sp³-hybridized carbons (Fsp3) is 0.375. The van der Waals surface area contributed by atoms with Gasteiger partial charge in [-0.1, -0.05) is 78.4 Å². The van der Waals surface area contributed by atoms with Crippen molar-refractivity contribution < 1.29 is 14.4 Å². The van der Waals surface area contributed by atoms with Crippen molar-refractivity contribution in [2.24, 2.45) is 21.4 Å². The molecule has 33 heavy (non-hydrogen) atoms. The number of fused-ring (bicyclic) bond motifs is 2. The van der Waals surface area contributed by atoms with Crippen molar-refractivity contribution in [1.29, 1.82) is 0 Å². The molecule has 0 saturated heterocycles. The van der Waals surface area contributed by atoms with Crippen LogP contribution in [-0.2, 0) is 9.63 Å². The zero-order valence-corrected chi connectivity index (χ0v) is 21.3. The molecule has 2 aromatic rings. The highest BCUT2D eigenvalue weighted by atomic mass is 35.5. The summed E-state index contributed by atoms with van der Waals surface area (Å²) in [5.74, 6) is -0.863. The zero-order valence-electron chi connectivity index (χ0n) is 18.3. The maximum absolute atomic E-state index is 13.6. The zero-order chi connectivity index (χ0) is 24.2. The van der Waals surface area contributed by atoms with Gasteiger partial charge in [-0.2, -0.15) is 0 Å². The number of halogens is 4. The molecule has 2 saturated carbocycles. The number of hydrogen-bond acceptors (Lipinski definition) is 4. The molecule has 0 heterocycles. The SMILES string of the molecule is CC12CCC(C(=O)Nc3c(Cl)cccc3Cl)(C/C1=N\OC(=O)c1ccc(Cl)cc1Cl)C2(C)C. The van der Waals surface area contributed by atoms with E-state index < -0.39 is 22.2 Å². The van der Waals surface area contributed by atoms with Crippen molar-refractivity contribution in [3.63, 3.8) is 0 Å². The molecule has 9 heteroatoms. The highest BCUT2D eigenvalue weighted by Crippen LogP contribution is 2.71. The Morgan fingerprint density at radius 3 is 2.27 bits per heavy atom. The van der Waals surface area contributed by atoms with Gasteiger partial charge in [-0.25, -0.2) is 4.79 Å². The predicted molar refractivity (Wildman–Crippen MR) is 133 cm³/mol. The van der Waals surface area contributed by atoms with Crippen molar-refractivity contribution in [1.82, 2.24) is 0 Å². The van der Waals surface area contributed by atoms with E-state index in [4.69, 9.17) is 51.2 Å². The van der Waals surface area contributed by atoms with Gasteiger partial charge in [-0.3, -0.25) is 4.79 Å². The molecule has 0 radical (unpaired) electrons. The van der Waals surface area contributed by atoms with E-state index in [1.54, 1.807) is 24.3 Å². The number of oxime groups is 1. The van der Waals surface area contributed by atoms with Crippen LogP contribution < -0.4 is 5.32 Å². The molecule has 0 aliphatic heterocycles. The van der Waals surface area contributed by atoms with Gasteiger partial charge < -0.3 is 10.2 Å². The summed E-state index contributed by atoms with van der Waals surface area (Å²) in [6.45, 7) is 6.15. The van der Waals surface area contributed by atoms with Gasteiger partial charge >= 0.3 is 5.97 Å². The van der Waals surface area contributed by atoms with Crippen molar-refractivity contribution in [2.75, 3.05) is 5.32 Å². The van der Waals surface area contributed by atoms with Crippen LogP contribution in [0.2, 0.25) is 20.1 Å². The molecule has 2 atom stereocenters. The maximum Gasteiger partial charge on any atom is 0.367 e. The Labute approximate surface area is 212 Å². The van der Waals surface area contributed by atoms with Crippen LogP contribution in [0.15, 0.2) is 41.6 Å². The van der Waals surface area contributed by atoms with Crippen LogP contribution >= 0.6 is 46.4 Å². The molecular formula is C24H22Cl4N2O3. The summed E-state index contributed by atoms with van der Waals surface area (Å²) in [4.78, 5) is 31.5. The van der Waals surface area contributed by atoms with Crippen molar-refractivity contribution in [2.45, 2.75) is 40.0 Å². The average Bonchev–Trinajstić information content (AvgIpc) is 3.05.